The Bertz CT molecular complexity index is 784. The molecule has 1 amide bonds. The summed E-state index contributed by atoms with van der Waals surface area (Å²) in [6.07, 6.45) is 1.74. The second kappa shape index (κ2) is 7.31. The number of benzene rings is 1. The Balaban J connectivity index is 1.74. The minimum Gasteiger partial charge on any atom is -0.342 e. The average Bonchev–Trinajstić information content (AvgIpc) is 3.25. The van der Waals surface area contributed by atoms with Gasteiger partial charge in [-0.1, -0.05) is 32.0 Å². The summed E-state index contributed by atoms with van der Waals surface area (Å²) in [5, 5.41) is 18.4. The lowest BCUT2D eigenvalue weighted by Gasteiger charge is -2.19. The summed E-state index contributed by atoms with van der Waals surface area (Å²) >= 11 is 1.54. The standard InChI is InChI=1S/C16H18N6OS/c1-11(2)14(18-16(23)12-6-4-3-5-7-12)15-19-21-22(20-15)10-13-17-8-9-24-13/h3-9,11,14H,10H2,1-2H3,(H,18,23). The molecular weight excluding hydrogens is 324 g/mol. The first kappa shape index (κ1) is 16.3. The van der Waals surface area contributed by atoms with Gasteiger partial charge in [0.25, 0.3) is 5.91 Å². The van der Waals surface area contributed by atoms with Crippen molar-refractivity contribution in [3.8, 4) is 0 Å². The van der Waals surface area contributed by atoms with E-state index in [1.165, 1.54) is 4.80 Å². The van der Waals surface area contributed by atoms with Crippen molar-refractivity contribution in [3.05, 3.63) is 58.3 Å². The fourth-order valence-corrected chi connectivity index (χ4v) is 2.83. The van der Waals surface area contributed by atoms with Gasteiger partial charge in [-0.3, -0.25) is 4.79 Å². The predicted molar refractivity (Wildman–Crippen MR) is 90.5 cm³/mol. The van der Waals surface area contributed by atoms with Crippen LogP contribution >= 0.6 is 11.3 Å². The topological polar surface area (TPSA) is 85.6 Å². The Kier molecular flexibility index (Phi) is 4.95. The number of tetrazole rings is 1. The first-order valence-corrected chi connectivity index (χ1v) is 8.53. The second-order valence-electron chi connectivity index (χ2n) is 5.67. The van der Waals surface area contributed by atoms with Gasteiger partial charge in [0.1, 0.15) is 11.6 Å². The normalized spacial score (nSPS) is 12.3. The number of amides is 1. The highest BCUT2D eigenvalue weighted by Gasteiger charge is 2.23. The van der Waals surface area contributed by atoms with Crippen LogP contribution in [0.25, 0.3) is 0 Å². The SMILES string of the molecule is CC(C)C(NC(=O)c1ccccc1)c1nnn(Cc2nccs2)n1. The van der Waals surface area contributed by atoms with Crippen LogP contribution in [0.3, 0.4) is 0 Å². The van der Waals surface area contributed by atoms with E-state index in [9.17, 15) is 4.79 Å². The van der Waals surface area contributed by atoms with Crippen molar-refractivity contribution in [1.29, 1.82) is 0 Å². The second-order valence-corrected chi connectivity index (χ2v) is 6.64. The third-order valence-electron chi connectivity index (χ3n) is 3.50. The van der Waals surface area contributed by atoms with Gasteiger partial charge in [0.05, 0.1) is 6.04 Å². The molecule has 2 aromatic heterocycles. The summed E-state index contributed by atoms with van der Waals surface area (Å²) in [5.74, 6) is 0.492. The van der Waals surface area contributed by atoms with Crippen LogP contribution in [0.1, 0.15) is 41.1 Å². The van der Waals surface area contributed by atoms with Gasteiger partial charge < -0.3 is 5.32 Å². The maximum absolute atomic E-state index is 12.4. The highest BCUT2D eigenvalue weighted by Crippen LogP contribution is 2.18. The van der Waals surface area contributed by atoms with Crippen LogP contribution in [-0.4, -0.2) is 31.1 Å². The molecule has 0 spiro atoms. The van der Waals surface area contributed by atoms with Crippen molar-refractivity contribution in [2.45, 2.75) is 26.4 Å². The Hall–Kier alpha value is -2.61. The zero-order valence-corrected chi connectivity index (χ0v) is 14.3. The molecule has 0 bridgehead atoms. The lowest BCUT2D eigenvalue weighted by Crippen LogP contribution is -2.32. The molecule has 0 saturated heterocycles. The summed E-state index contributed by atoms with van der Waals surface area (Å²) in [5.41, 5.74) is 0.610. The fraction of sp³-hybridized carbons (Fsp3) is 0.312. The van der Waals surface area contributed by atoms with E-state index in [1.54, 1.807) is 29.7 Å². The minimum absolute atomic E-state index is 0.134. The molecule has 1 aromatic carbocycles. The average molecular weight is 342 g/mol. The van der Waals surface area contributed by atoms with Gasteiger partial charge in [0, 0.05) is 17.1 Å². The van der Waals surface area contributed by atoms with Crippen LogP contribution < -0.4 is 5.32 Å². The van der Waals surface area contributed by atoms with Crippen molar-refractivity contribution in [2.75, 3.05) is 0 Å². The van der Waals surface area contributed by atoms with Crippen molar-refractivity contribution in [1.82, 2.24) is 30.5 Å². The fourth-order valence-electron chi connectivity index (χ4n) is 2.24. The van der Waals surface area contributed by atoms with Crippen LogP contribution in [-0.2, 0) is 6.54 Å². The molecule has 0 aliphatic rings. The molecule has 124 valence electrons. The number of thiazole rings is 1. The molecule has 0 aliphatic carbocycles. The van der Waals surface area contributed by atoms with Crippen LogP contribution in [0.4, 0.5) is 0 Å². The summed E-state index contributed by atoms with van der Waals surface area (Å²) in [7, 11) is 0. The Morgan fingerprint density at radius 1 is 1.29 bits per heavy atom. The number of nitrogens with zero attached hydrogens (tertiary/aromatic N) is 5. The summed E-state index contributed by atoms with van der Waals surface area (Å²) in [6, 6.07) is 8.80. The number of rotatable bonds is 6. The third kappa shape index (κ3) is 3.83. The molecule has 1 N–H and O–H groups in total. The van der Waals surface area contributed by atoms with E-state index in [4.69, 9.17) is 0 Å². The predicted octanol–water partition coefficient (Wildman–Crippen LogP) is 2.31. The van der Waals surface area contributed by atoms with E-state index in [1.807, 2.05) is 37.4 Å². The maximum Gasteiger partial charge on any atom is 0.251 e. The van der Waals surface area contributed by atoms with Crippen LogP contribution in [0.15, 0.2) is 41.9 Å². The molecule has 0 fully saturated rings. The molecule has 24 heavy (non-hydrogen) atoms. The van der Waals surface area contributed by atoms with Crippen LogP contribution in [0.2, 0.25) is 0 Å². The number of hydrogen-bond acceptors (Lipinski definition) is 6. The van der Waals surface area contributed by atoms with Crippen LogP contribution in [0, 0.1) is 5.92 Å². The minimum atomic E-state index is -0.303. The van der Waals surface area contributed by atoms with Gasteiger partial charge in [-0.2, -0.15) is 4.80 Å². The number of nitrogens with one attached hydrogen (secondary N) is 1. The van der Waals surface area contributed by atoms with E-state index in [0.29, 0.717) is 17.9 Å². The van der Waals surface area contributed by atoms with E-state index in [2.05, 4.69) is 25.7 Å². The Labute approximate surface area is 143 Å². The van der Waals surface area contributed by atoms with E-state index < -0.39 is 0 Å². The summed E-state index contributed by atoms with van der Waals surface area (Å²) < 4.78 is 0. The molecule has 0 saturated carbocycles. The maximum atomic E-state index is 12.4. The van der Waals surface area contributed by atoms with E-state index >= 15 is 0 Å². The smallest absolute Gasteiger partial charge is 0.251 e. The first-order valence-electron chi connectivity index (χ1n) is 7.65. The number of carbonyl (C=O) groups excluding carboxylic acids is 1. The lowest BCUT2D eigenvalue weighted by molar-refractivity contribution is 0.0923. The molecule has 3 rings (SSSR count). The molecular formula is C16H18N6OS. The van der Waals surface area contributed by atoms with Gasteiger partial charge in [-0.05, 0) is 23.3 Å². The molecule has 1 unspecified atom stereocenters. The molecule has 3 aromatic rings. The number of carbonyl (C=O) groups is 1. The summed E-state index contributed by atoms with van der Waals surface area (Å²) in [4.78, 5) is 18.1. The zero-order valence-electron chi connectivity index (χ0n) is 13.5. The van der Waals surface area contributed by atoms with E-state index in [-0.39, 0.29) is 17.9 Å². The summed E-state index contributed by atoms with van der Waals surface area (Å²) in [6.45, 7) is 4.50. The van der Waals surface area contributed by atoms with Gasteiger partial charge in [-0.25, -0.2) is 4.98 Å². The zero-order chi connectivity index (χ0) is 16.9. The molecule has 1 atom stereocenters. The third-order valence-corrected chi connectivity index (χ3v) is 4.26. The van der Waals surface area contributed by atoms with Crippen molar-refractivity contribution < 1.29 is 4.79 Å². The molecule has 7 nitrogen and oxygen atoms in total. The van der Waals surface area contributed by atoms with E-state index in [0.717, 1.165) is 5.01 Å². The van der Waals surface area contributed by atoms with Crippen LogP contribution in [0.5, 0.6) is 0 Å². The van der Waals surface area contributed by atoms with Crippen molar-refractivity contribution in [3.63, 3.8) is 0 Å². The lowest BCUT2D eigenvalue weighted by atomic mass is 10.0. The highest BCUT2D eigenvalue weighted by molar-refractivity contribution is 7.09. The molecule has 2 heterocycles. The molecule has 0 aliphatic heterocycles. The van der Waals surface area contributed by atoms with Crippen molar-refractivity contribution in [2.24, 2.45) is 5.92 Å². The molecule has 8 heteroatoms. The number of hydrogen-bond donors (Lipinski definition) is 1. The quantitative estimate of drug-likeness (QED) is 0.743. The molecule has 0 radical (unpaired) electrons. The van der Waals surface area contributed by atoms with Gasteiger partial charge >= 0.3 is 0 Å². The Morgan fingerprint density at radius 2 is 2.08 bits per heavy atom. The van der Waals surface area contributed by atoms with Gasteiger partial charge in [0.2, 0.25) is 0 Å². The van der Waals surface area contributed by atoms with Gasteiger partial charge in [-0.15, -0.1) is 21.5 Å². The highest BCUT2D eigenvalue weighted by atomic mass is 32.1. The number of aromatic nitrogens is 5. The van der Waals surface area contributed by atoms with Gasteiger partial charge in [0.15, 0.2) is 5.82 Å². The Morgan fingerprint density at radius 3 is 2.75 bits per heavy atom. The largest absolute Gasteiger partial charge is 0.342 e. The first-order chi connectivity index (χ1) is 11.6. The van der Waals surface area contributed by atoms with Crippen molar-refractivity contribution >= 4 is 17.2 Å². The monoisotopic (exact) mass is 342 g/mol.